The van der Waals surface area contributed by atoms with E-state index in [-0.39, 0.29) is 0 Å². The van der Waals surface area contributed by atoms with Gasteiger partial charge in [0.05, 0.1) is 7.11 Å². The summed E-state index contributed by atoms with van der Waals surface area (Å²) in [5.74, 6) is -0.434. The van der Waals surface area contributed by atoms with Gasteiger partial charge < -0.3 is 10.1 Å². The summed E-state index contributed by atoms with van der Waals surface area (Å²) < 4.78 is 5.08. The molecule has 1 aromatic carbocycles. The summed E-state index contributed by atoms with van der Waals surface area (Å²) in [5, 5.41) is 4.35. The van der Waals surface area contributed by atoms with Crippen LogP contribution in [0, 0.1) is 0 Å². The molecule has 1 rings (SSSR count). The van der Waals surface area contributed by atoms with Crippen molar-refractivity contribution >= 4 is 11.8 Å². The second-order valence-corrected chi connectivity index (χ2v) is 4.87. The van der Waals surface area contributed by atoms with Gasteiger partial charge in [-0.15, -0.1) is 0 Å². The van der Waals surface area contributed by atoms with E-state index in [2.05, 4.69) is 10.7 Å². The molecule has 0 aliphatic carbocycles. The number of ether oxygens (including phenoxy) is 1. The van der Waals surface area contributed by atoms with E-state index >= 15 is 0 Å². The molecule has 0 heterocycles. The largest absolute Gasteiger partial charge is 0.497 e. The second-order valence-electron chi connectivity index (χ2n) is 4.87. The van der Waals surface area contributed by atoms with Gasteiger partial charge in [0.2, 0.25) is 0 Å². The van der Waals surface area contributed by atoms with Gasteiger partial charge in [0, 0.05) is 19.6 Å². The summed E-state index contributed by atoms with van der Waals surface area (Å²) in [6.07, 6.45) is 1.57. The van der Waals surface area contributed by atoms with Crippen molar-refractivity contribution < 1.29 is 14.3 Å². The van der Waals surface area contributed by atoms with E-state index < -0.39 is 11.8 Å². The quantitative estimate of drug-likeness (QED) is 0.558. The zero-order chi connectivity index (χ0) is 16.4. The lowest BCUT2D eigenvalue weighted by molar-refractivity contribution is -0.142. The van der Waals surface area contributed by atoms with E-state index in [9.17, 15) is 9.59 Å². The predicted octanol–water partition coefficient (Wildman–Crippen LogP) is 1.12. The molecule has 6 heteroatoms. The number of amides is 2. The maximum atomic E-state index is 11.7. The van der Waals surface area contributed by atoms with Gasteiger partial charge >= 0.3 is 11.8 Å². The molecule has 0 spiro atoms. The van der Waals surface area contributed by atoms with Crippen LogP contribution in [0.3, 0.4) is 0 Å². The molecule has 0 aliphatic heterocycles. The minimum absolute atomic E-state index is 0.415. The van der Waals surface area contributed by atoms with Crippen molar-refractivity contribution in [3.8, 4) is 5.75 Å². The van der Waals surface area contributed by atoms with E-state index in [0.717, 1.165) is 24.3 Å². The van der Waals surface area contributed by atoms with Crippen LogP contribution in [-0.4, -0.2) is 43.6 Å². The normalized spacial score (nSPS) is 10.4. The lowest BCUT2D eigenvalue weighted by Crippen LogP contribution is -2.49. The van der Waals surface area contributed by atoms with Crippen LogP contribution in [0.15, 0.2) is 24.3 Å². The third kappa shape index (κ3) is 6.13. The Bertz CT molecular complexity index is 474. The molecule has 1 aromatic rings. The molecule has 6 nitrogen and oxygen atoms in total. The van der Waals surface area contributed by atoms with Crippen LogP contribution >= 0.6 is 0 Å². The molecule has 2 N–H and O–H groups in total. The fourth-order valence-electron chi connectivity index (χ4n) is 1.95. The summed E-state index contributed by atoms with van der Waals surface area (Å²) >= 11 is 0. The number of nitrogens with zero attached hydrogens (tertiary/aromatic N) is 1. The highest BCUT2D eigenvalue weighted by molar-refractivity contribution is 6.34. The van der Waals surface area contributed by atoms with E-state index in [1.807, 2.05) is 38.1 Å². The highest BCUT2D eigenvalue weighted by Gasteiger charge is 2.15. The molecular weight excluding hydrogens is 282 g/mol. The van der Waals surface area contributed by atoms with E-state index in [1.165, 1.54) is 0 Å². The smallest absolute Gasteiger partial charge is 0.323 e. The van der Waals surface area contributed by atoms with Crippen LogP contribution in [0.1, 0.15) is 25.8 Å². The molecule has 0 aromatic heterocycles. The van der Waals surface area contributed by atoms with Crippen molar-refractivity contribution in [3.63, 3.8) is 0 Å². The number of hydrazine groups is 1. The highest BCUT2D eigenvalue weighted by Crippen LogP contribution is 2.11. The maximum Gasteiger partial charge on any atom is 0.323 e. The molecule has 2 amide bonds. The van der Waals surface area contributed by atoms with Crippen molar-refractivity contribution in [2.45, 2.75) is 26.7 Å². The number of nitrogens with one attached hydrogen (secondary N) is 2. The van der Waals surface area contributed by atoms with Crippen molar-refractivity contribution in [1.82, 2.24) is 15.8 Å². The van der Waals surface area contributed by atoms with Crippen molar-refractivity contribution in [2.24, 2.45) is 0 Å². The van der Waals surface area contributed by atoms with Gasteiger partial charge in [0.25, 0.3) is 0 Å². The first-order valence-electron chi connectivity index (χ1n) is 7.57. The Morgan fingerprint density at radius 1 is 1.14 bits per heavy atom. The van der Waals surface area contributed by atoms with Gasteiger partial charge in [0.1, 0.15) is 5.75 Å². The third-order valence-corrected chi connectivity index (χ3v) is 3.20. The molecule has 0 radical (unpaired) electrons. The van der Waals surface area contributed by atoms with Crippen LogP contribution in [0.25, 0.3) is 0 Å². The standard InChI is InChI=1S/C16H25N3O3/c1-4-12-19(5-2)18-16(21)15(20)17-11-10-13-6-8-14(22-3)9-7-13/h6-9H,4-5,10-12H2,1-3H3,(H,17,20)(H,18,21). The number of rotatable bonds is 8. The van der Waals surface area contributed by atoms with Crippen LogP contribution in [0.5, 0.6) is 5.75 Å². The molecule has 0 aliphatic rings. The van der Waals surface area contributed by atoms with Gasteiger partial charge in [0.15, 0.2) is 0 Å². The van der Waals surface area contributed by atoms with E-state index in [1.54, 1.807) is 12.1 Å². The van der Waals surface area contributed by atoms with Crippen LogP contribution in [0.2, 0.25) is 0 Å². The van der Waals surface area contributed by atoms with Gasteiger partial charge in [-0.1, -0.05) is 26.0 Å². The number of carbonyl (C=O) groups excluding carboxylic acids is 2. The molecule has 0 unspecified atom stereocenters. The Kier molecular flexibility index (Phi) is 7.99. The molecule has 0 saturated carbocycles. The van der Waals surface area contributed by atoms with Gasteiger partial charge in [-0.3, -0.25) is 15.0 Å². The fourth-order valence-corrected chi connectivity index (χ4v) is 1.95. The Morgan fingerprint density at radius 2 is 1.82 bits per heavy atom. The van der Waals surface area contributed by atoms with Crippen LogP contribution < -0.4 is 15.5 Å². The topological polar surface area (TPSA) is 70.7 Å². The molecule has 0 atom stereocenters. The predicted molar refractivity (Wildman–Crippen MR) is 85.4 cm³/mol. The maximum absolute atomic E-state index is 11.7. The molecule has 0 saturated heterocycles. The number of hydrogen-bond acceptors (Lipinski definition) is 4. The van der Waals surface area contributed by atoms with Crippen molar-refractivity contribution in [2.75, 3.05) is 26.7 Å². The Hall–Kier alpha value is -2.08. The zero-order valence-electron chi connectivity index (χ0n) is 13.5. The lowest BCUT2D eigenvalue weighted by atomic mass is 10.1. The van der Waals surface area contributed by atoms with Gasteiger partial charge in [-0.25, -0.2) is 5.01 Å². The summed E-state index contributed by atoms with van der Waals surface area (Å²) in [4.78, 5) is 23.5. The summed E-state index contributed by atoms with van der Waals surface area (Å²) in [7, 11) is 1.62. The average Bonchev–Trinajstić information content (AvgIpc) is 2.54. The molecule has 0 fully saturated rings. The fraction of sp³-hybridized carbons (Fsp3) is 0.500. The highest BCUT2D eigenvalue weighted by atomic mass is 16.5. The van der Waals surface area contributed by atoms with Crippen molar-refractivity contribution in [1.29, 1.82) is 0 Å². The minimum atomic E-state index is -0.620. The summed E-state index contributed by atoms with van der Waals surface area (Å²) in [6.45, 7) is 5.75. The summed E-state index contributed by atoms with van der Waals surface area (Å²) in [6, 6.07) is 7.61. The molecule has 22 heavy (non-hydrogen) atoms. The van der Waals surface area contributed by atoms with Crippen LogP contribution in [-0.2, 0) is 16.0 Å². The monoisotopic (exact) mass is 307 g/mol. The second kappa shape index (κ2) is 9.78. The first-order chi connectivity index (χ1) is 10.6. The number of methoxy groups -OCH3 is 1. The zero-order valence-corrected chi connectivity index (χ0v) is 13.5. The van der Waals surface area contributed by atoms with Crippen LogP contribution in [0.4, 0.5) is 0 Å². The lowest BCUT2D eigenvalue weighted by Gasteiger charge is -2.20. The summed E-state index contributed by atoms with van der Waals surface area (Å²) in [5.41, 5.74) is 3.67. The number of benzene rings is 1. The Balaban J connectivity index is 2.33. The SMILES string of the molecule is CCCN(CC)NC(=O)C(=O)NCCc1ccc(OC)cc1. The first kappa shape index (κ1) is 18.0. The van der Waals surface area contributed by atoms with Gasteiger partial charge in [-0.2, -0.15) is 0 Å². The van der Waals surface area contributed by atoms with Crippen molar-refractivity contribution in [3.05, 3.63) is 29.8 Å². The van der Waals surface area contributed by atoms with Gasteiger partial charge in [-0.05, 0) is 30.5 Å². The Labute approximate surface area is 131 Å². The molecule has 122 valence electrons. The van der Waals surface area contributed by atoms with E-state index in [0.29, 0.717) is 19.5 Å². The number of hydrogen-bond donors (Lipinski definition) is 2. The minimum Gasteiger partial charge on any atom is -0.497 e. The average molecular weight is 307 g/mol. The van der Waals surface area contributed by atoms with E-state index in [4.69, 9.17) is 4.74 Å². The first-order valence-corrected chi connectivity index (χ1v) is 7.57. The molecule has 0 bridgehead atoms. The molecular formula is C16H25N3O3. The number of carbonyl (C=O) groups is 2. The Morgan fingerprint density at radius 3 is 2.36 bits per heavy atom. The third-order valence-electron chi connectivity index (χ3n) is 3.20.